The lowest BCUT2D eigenvalue weighted by molar-refractivity contribution is -0.135. The van der Waals surface area contributed by atoms with Crippen LogP contribution in [-0.4, -0.2) is 18.4 Å². The van der Waals surface area contributed by atoms with Gasteiger partial charge in [0.15, 0.2) is 6.61 Å². The van der Waals surface area contributed by atoms with Gasteiger partial charge in [-0.1, -0.05) is 23.7 Å². The molecule has 122 valence electrons. The van der Waals surface area contributed by atoms with Crippen LogP contribution in [-0.2, 0) is 9.53 Å². The van der Waals surface area contributed by atoms with Crippen molar-refractivity contribution in [3.63, 3.8) is 0 Å². The summed E-state index contributed by atoms with van der Waals surface area (Å²) in [5.41, 5.74) is 0.449. The van der Waals surface area contributed by atoms with Gasteiger partial charge < -0.3 is 4.74 Å². The summed E-state index contributed by atoms with van der Waals surface area (Å²) in [6.07, 6.45) is 1.78. The Bertz CT molecular complexity index is 861. The molecule has 3 nitrogen and oxygen atoms in total. The van der Waals surface area contributed by atoms with Gasteiger partial charge in [-0.05, 0) is 41.1 Å². The zero-order chi connectivity index (χ0) is 16.9. The highest BCUT2D eigenvalue weighted by Crippen LogP contribution is 2.26. The van der Waals surface area contributed by atoms with Gasteiger partial charge in [-0.2, -0.15) is 0 Å². The molecule has 0 bridgehead atoms. The van der Waals surface area contributed by atoms with E-state index in [1.54, 1.807) is 18.2 Å². The molecular weight excluding hydrogens is 384 g/mol. The smallest absolute Gasteiger partial charge is 0.340 e. The van der Waals surface area contributed by atoms with E-state index in [2.05, 4.69) is 0 Å². The minimum absolute atomic E-state index is 0.262. The first kappa shape index (κ1) is 17.1. The lowest BCUT2D eigenvalue weighted by Crippen LogP contribution is -2.14. The van der Waals surface area contributed by atoms with Gasteiger partial charge in [0.05, 0.1) is 14.8 Å². The van der Waals surface area contributed by atoms with E-state index in [1.807, 2.05) is 35.0 Å². The van der Waals surface area contributed by atoms with E-state index in [0.717, 1.165) is 9.75 Å². The predicted molar refractivity (Wildman–Crippen MR) is 101 cm³/mol. The highest BCUT2D eigenvalue weighted by molar-refractivity contribution is 7.18. The number of rotatable bonds is 6. The van der Waals surface area contributed by atoms with Crippen LogP contribution in [0.25, 0.3) is 11.6 Å². The molecule has 0 unspecified atom stereocenters. The minimum Gasteiger partial charge on any atom is -0.454 e. The molecule has 0 amide bonds. The third-order valence-electron chi connectivity index (χ3n) is 3.02. The molecule has 7 heteroatoms. The number of thiophene rings is 3. The summed E-state index contributed by atoms with van der Waals surface area (Å²) in [6.45, 7) is -0.303. The van der Waals surface area contributed by atoms with Gasteiger partial charge in [-0.3, -0.25) is 4.79 Å². The van der Waals surface area contributed by atoms with Crippen molar-refractivity contribution in [3.05, 3.63) is 66.1 Å². The van der Waals surface area contributed by atoms with Crippen LogP contribution in [0.5, 0.6) is 0 Å². The number of carbonyl (C=O) groups excluding carboxylic acids is 2. The number of hydrogen-bond donors (Lipinski definition) is 0. The molecule has 0 aliphatic carbocycles. The van der Waals surface area contributed by atoms with Crippen LogP contribution in [0.15, 0.2) is 47.2 Å². The van der Waals surface area contributed by atoms with Crippen molar-refractivity contribution in [1.82, 2.24) is 0 Å². The quantitative estimate of drug-likeness (QED) is 0.315. The van der Waals surface area contributed by atoms with Gasteiger partial charge in [-0.15, -0.1) is 34.0 Å². The topological polar surface area (TPSA) is 43.4 Å². The highest BCUT2D eigenvalue weighted by Gasteiger charge is 2.18. The van der Waals surface area contributed by atoms with Crippen molar-refractivity contribution in [2.45, 2.75) is 0 Å². The zero-order valence-corrected chi connectivity index (χ0v) is 15.4. The van der Waals surface area contributed by atoms with Crippen LogP contribution in [0.2, 0.25) is 4.34 Å². The molecule has 0 saturated carbocycles. The fourth-order valence-electron chi connectivity index (χ4n) is 1.92. The van der Waals surface area contributed by atoms with E-state index in [9.17, 15) is 9.59 Å². The largest absolute Gasteiger partial charge is 0.454 e. The third-order valence-corrected chi connectivity index (χ3v) is 6.01. The lowest BCUT2D eigenvalue weighted by atomic mass is 10.2. The average molecular weight is 395 g/mol. The summed E-state index contributed by atoms with van der Waals surface area (Å²) in [4.78, 5) is 26.7. The summed E-state index contributed by atoms with van der Waals surface area (Å²) >= 11 is 9.97. The Labute approximate surface area is 155 Å². The normalized spacial score (nSPS) is 11.5. The Kier molecular flexibility index (Phi) is 5.63. The monoisotopic (exact) mass is 394 g/mol. The van der Waals surface area contributed by atoms with Crippen LogP contribution in [0.4, 0.5) is 0 Å². The maximum Gasteiger partial charge on any atom is 0.340 e. The fraction of sp³-hybridized carbons (Fsp3) is 0.0588. The van der Waals surface area contributed by atoms with E-state index in [4.69, 9.17) is 16.3 Å². The zero-order valence-electron chi connectivity index (χ0n) is 12.2. The van der Waals surface area contributed by atoms with E-state index >= 15 is 0 Å². The Morgan fingerprint density at radius 3 is 2.46 bits per heavy atom. The molecule has 3 aromatic rings. The average Bonchev–Trinajstić information content (AvgIpc) is 3.31. The van der Waals surface area contributed by atoms with E-state index < -0.39 is 5.97 Å². The lowest BCUT2D eigenvalue weighted by Gasteiger charge is -2.06. The van der Waals surface area contributed by atoms with Crippen molar-refractivity contribution < 1.29 is 14.3 Å². The van der Waals surface area contributed by atoms with Crippen LogP contribution in [0, 0.1) is 0 Å². The third kappa shape index (κ3) is 4.21. The Morgan fingerprint density at radius 1 is 1.04 bits per heavy atom. The van der Waals surface area contributed by atoms with Crippen LogP contribution >= 0.6 is 45.6 Å². The SMILES string of the molecule is O=C(OCC(=O)c1ccc(Cl)s1)C(=Cc1cccs1)c1cccs1. The molecule has 24 heavy (non-hydrogen) atoms. The van der Waals surface area contributed by atoms with Gasteiger partial charge in [0, 0.05) is 9.75 Å². The molecule has 0 aromatic carbocycles. The fourth-order valence-corrected chi connectivity index (χ4v) is 4.28. The minimum atomic E-state index is -0.512. The maximum absolute atomic E-state index is 12.5. The summed E-state index contributed by atoms with van der Waals surface area (Å²) in [5, 5.41) is 3.83. The van der Waals surface area contributed by atoms with Gasteiger partial charge in [0.2, 0.25) is 5.78 Å². The summed E-state index contributed by atoms with van der Waals surface area (Å²) in [5.74, 6) is -0.774. The molecule has 3 aromatic heterocycles. The van der Waals surface area contributed by atoms with Gasteiger partial charge in [0.1, 0.15) is 0 Å². The van der Waals surface area contributed by atoms with Crippen LogP contribution in [0.1, 0.15) is 19.4 Å². The summed E-state index contributed by atoms with van der Waals surface area (Å²) in [7, 11) is 0. The molecule has 3 rings (SSSR count). The Hall–Kier alpha value is -1.73. The number of ether oxygens (including phenoxy) is 1. The van der Waals surface area contributed by atoms with Gasteiger partial charge in [0.25, 0.3) is 0 Å². The second-order valence-electron chi connectivity index (χ2n) is 4.65. The molecular formula is C17H11ClO3S3. The molecule has 0 fully saturated rings. The summed E-state index contributed by atoms with van der Waals surface area (Å²) < 4.78 is 5.75. The van der Waals surface area contributed by atoms with E-state index in [1.165, 1.54) is 34.0 Å². The van der Waals surface area contributed by atoms with Crippen molar-refractivity contribution >= 4 is 69.0 Å². The Morgan fingerprint density at radius 2 is 1.83 bits per heavy atom. The molecule has 0 aliphatic heterocycles. The maximum atomic E-state index is 12.5. The first-order valence-corrected chi connectivity index (χ1v) is 9.83. The first-order chi connectivity index (χ1) is 11.6. The van der Waals surface area contributed by atoms with Crippen molar-refractivity contribution in [3.8, 4) is 0 Å². The highest BCUT2D eigenvalue weighted by atomic mass is 35.5. The summed E-state index contributed by atoms with van der Waals surface area (Å²) in [6, 6.07) is 10.8. The first-order valence-electron chi connectivity index (χ1n) is 6.88. The van der Waals surface area contributed by atoms with E-state index in [0.29, 0.717) is 14.8 Å². The van der Waals surface area contributed by atoms with Gasteiger partial charge in [-0.25, -0.2) is 4.79 Å². The van der Waals surface area contributed by atoms with Gasteiger partial charge >= 0.3 is 5.97 Å². The molecule has 0 atom stereocenters. The molecule has 0 aliphatic rings. The number of halogens is 1. The number of esters is 1. The second-order valence-corrected chi connectivity index (χ2v) is 8.30. The van der Waals surface area contributed by atoms with Crippen LogP contribution < -0.4 is 0 Å². The number of hydrogen-bond acceptors (Lipinski definition) is 6. The molecule has 0 N–H and O–H groups in total. The number of carbonyl (C=O) groups is 2. The van der Waals surface area contributed by atoms with Crippen molar-refractivity contribution in [2.75, 3.05) is 6.61 Å². The standard InChI is InChI=1S/C17H11ClO3S3/c18-16-6-5-15(24-16)13(19)10-21-17(20)12(14-4-2-8-23-14)9-11-3-1-7-22-11/h1-9H,10H2. The molecule has 0 radical (unpaired) electrons. The van der Waals surface area contributed by atoms with Crippen LogP contribution in [0.3, 0.4) is 0 Å². The Balaban J connectivity index is 1.74. The molecule has 3 heterocycles. The molecule has 0 spiro atoms. The van der Waals surface area contributed by atoms with Crippen molar-refractivity contribution in [1.29, 1.82) is 0 Å². The second kappa shape index (κ2) is 7.90. The number of ketones is 1. The van der Waals surface area contributed by atoms with E-state index in [-0.39, 0.29) is 12.4 Å². The number of Topliss-reactive ketones (excluding diaryl/α,β-unsaturated/α-hetero) is 1. The van der Waals surface area contributed by atoms with Crippen molar-refractivity contribution in [2.24, 2.45) is 0 Å². The molecule has 0 saturated heterocycles. The predicted octanol–water partition coefficient (Wildman–Crippen LogP) is 5.49.